The third-order valence-corrected chi connectivity index (χ3v) is 5.27. The van der Waals surface area contributed by atoms with Gasteiger partial charge in [-0.25, -0.2) is 0 Å². The number of carbonyl (C=O) groups is 1. The lowest BCUT2D eigenvalue weighted by atomic mass is 9.72. The Kier molecular flexibility index (Phi) is 4.24. The molecule has 2 fully saturated rings. The van der Waals surface area contributed by atoms with E-state index in [1.165, 1.54) is 5.56 Å². The van der Waals surface area contributed by atoms with E-state index in [4.69, 9.17) is 9.47 Å². The van der Waals surface area contributed by atoms with Crippen LogP contribution in [0.1, 0.15) is 24.8 Å². The Hall–Kier alpha value is -0.710. The van der Waals surface area contributed by atoms with Gasteiger partial charge in [-0.1, -0.05) is 34.1 Å². The summed E-state index contributed by atoms with van der Waals surface area (Å²) < 4.78 is 13.0. The highest BCUT2D eigenvalue weighted by Gasteiger charge is 2.49. The normalized spacial score (nSPS) is 28.6. The molecule has 108 valence electrons. The van der Waals surface area contributed by atoms with Gasteiger partial charge in [0.2, 0.25) is 0 Å². The smallest absolute Gasteiger partial charge is 0.172 e. The summed E-state index contributed by atoms with van der Waals surface area (Å²) in [5.74, 6) is -0.414. The van der Waals surface area contributed by atoms with Crippen LogP contribution in [0.3, 0.4) is 0 Å². The molecule has 20 heavy (non-hydrogen) atoms. The van der Waals surface area contributed by atoms with E-state index >= 15 is 0 Å². The molecule has 2 aliphatic rings. The highest BCUT2D eigenvalue weighted by Crippen LogP contribution is 2.45. The number of aldehydes is 1. The van der Waals surface area contributed by atoms with Crippen molar-refractivity contribution < 1.29 is 14.3 Å². The summed E-state index contributed by atoms with van der Waals surface area (Å²) in [4.78, 5) is 11.5. The highest BCUT2D eigenvalue weighted by molar-refractivity contribution is 9.10. The van der Waals surface area contributed by atoms with Gasteiger partial charge >= 0.3 is 0 Å². The number of benzene rings is 1. The predicted octanol–water partition coefficient (Wildman–Crippen LogP) is 3.35. The fraction of sp³-hybridized carbons (Fsp3) is 0.562. The van der Waals surface area contributed by atoms with Crippen LogP contribution in [0.2, 0.25) is 0 Å². The second-order valence-electron chi connectivity index (χ2n) is 5.60. The monoisotopic (exact) mass is 338 g/mol. The molecule has 0 aromatic heterocycles. The summed E-state index contributed by atoms with van der Waals surface area (Å²) in [6.45, 7) is 1.27. The Labute approximate surface area is 127 Å². The number of hydrogen-bond donors (Lipinski definition) is 0. The topological polar surface area (TPSA) is 35.5 Å². The lowest BCUT2D eigenvalue weighted by Crippen LogP contribution is -2.47. The van der Waals surface area contributed by atoms with Crippen LogP contribution in [0.25, 0.3) is 0 Å². The highest BCUT2D eigenvalue weighted by atomic mass is 79.9. The molecular weight excluding hydrogens is 320 g/mol. The van der Waals surface area contributed by atoms with E-state index in [1.807, 2.05) is 18.2 Å². The number of halogens is 1. The zero-order valence-corrected chi connectivity index (χ0v) is 13.0. The second kappa shape index (κ2) is 5.96. The summed E-state index contributed by atoms with van der Waals surface area (Å²) in [6, 6.07) is 8.17. The average Bonchev–Trinajstić information content (AvgIpc) is 2.92. The van der Waals surface area contributed by atoms with E-state index < -0.39 is 5.79 Å². The van der Waals surface area contributed by atoms with Gasteiger partial charge in [0.1, 0.15) is 6.29 Å². The van der Waals surface area contributed by atoms with Crippen LogP contribution >= 0.6 is 15.9 Å². The first-order valence-corrected chi connectivity index (χ1v) is 8.01. The van der Waals surface area contributed by atoms with Gasteiger partial charge in [0, 0.05) is 22.7 Å². The Morgan fingerprint density at radius 3 is 2.75 bits per heavy atom. The van der Waals surface area contributed by atoms with E-state index in [9.17, 15) is 4.79 Å². The SMILES string of the molecule is O=C[C@@H]1CCCC2(OCCO2)[C@H]1Cc1ccccc1Br. The first kappa shape index (κ1) is 14.2. The first-order valence-electron chi connectivity index (χ1n) is 7.22. The van der Waals surface area contributed by atoms with Crippen LogP contribution in [-0.4, -0.2) is 25.3 Å². The molecule has 0 radical (unpaired) electrons. The van der Waals surface area contributed by atoms with Crippen LogP contribution in [-0.2, 0) is 20.7 Å². The standard InChI is InChI=1S/C16H19BrO3/c17-15-6-2-1-4-12(15)10-14-13(11-18)5-3-7-16(14)19-8-9-20-16/h1-2,4,6,11,13-14H,3,5,7-10H2/t13-,14-/m0/s1. The first-order chi connectivity index (χ1) is 9.75. The average molecular weight is 339 g/mol. The van der Waals surface area contributed by atoms with Crippen LogP contribution in [0, 0.1) is 11.8 Å². The van der Waals surface area contributed by atoms with Gasteiger partial charge in [0.15, 0.2) is 5.79 Å². The molecule has 1 saturated carbocycles. The minimum Gasteiger partial charge on any atom is -0.347 e. The fourth-order valence-corrected chi connectivity index (χ4v) is 3.94. The van der Waals surface area contributed by atoms with E-state index in [1.54, 1.807) is 0 Å². The van der Waals surface area contributed by atoms with Crippen molar-refractivity contribution in [1.29, 1.82) is 0 Å². The molecule has 2 atom stereocenters. The quantitative estimate of drug-likeness (QED) is 0.793. The Balaban J connectivity index is 1.89. The van der Waals surface area contributed by atoms with Crippen molar-refractivity contribution in [2.75, 3.05) is 13.2 Å². The molecule has 1 aromatic rings. The Morgan fingerprint density at radius 1 is 1.30 bits per heavy atom. The molecule has 0 amide bonds. The molecule has 0 N–H and O–H groups in total. The molecule has 3 rings (SSSR count). The van der Waals surface area contributed by atoms with Gasteiger partial charge in [-0.2, -0.15) is 0 Å². The van der Waals surface area contributed by atoms with Crippen molar-refractivity contribution >= 4 is 22.2 Å². The van der Waals surface area contributed by atoms with E-state index in [0.717, 1.165) is 36.4 Å². The molecule has 1 heterocycles. The van der Waals surface area contributed by atoms with Crippen LogP contribution in [0.5, 0.6) is 0 Å². The van der Waals surface area contributed by atoms with Crippen molar-refractivity contribution in [3.8, 4) is 0 Å². The number of hydrogen-bond acceptors (Lipinski definition) is 3. The van der Waals surface area contributed by atoms with Crippen LogP contribution in [0.15, 0.2) is 28.7 Å². The molecule has 0 bridgehead atoms. The summed E-state index contributed by atoms with van der Waals surface area (Å²) in [5, 5.41) is 0. The van der Waals surface area contributed by atoms with Gasteiger partial charge in [0.25, 0.3) is 0 Å². The van der Waals surface area contributed by atoms with E-state index in [0.29, 0.717) is 13.2 Å². The Morgan fingerprint density at radius 2 is 2.05 bits per heavy atom. The minimum absolute atomic E-state index is 0.0222. The summed E-state index contributed by atoms with van der Waals surface area (Å²) in [6.07, 6.45) is 4.73. The fourth-order valence-electron chi connectivity index (χ4n) is 3.50. The zero-order valence-electron chi connectivity index (χ0n) is 11.4. The summed E-state index contributed by atoms with van der Waals surface area (Å²) in [7, 11) is 0. The van der Waals surface area contributed by atoms with Gasteiger partial charge in [-0.15, -0.1) is 0 Å². The second-order valence-corrected chi connectivity index (χ2v) is 6.46. The molecular formula is C16H19BrO3. The largest absolute Gasteiger partial charge is 0.347 e. The van der Waals surface area contributed by atoms with Gasteiger partial charge < -0.3 is 14.3 Å². The Bertz CT molecular complexity index is 482. The molecule has 1 aliphatic heterocycles. The molecule has 1 aliphatic carbocycles. The molecule has 1 aromatic carbocycles. The number of carbonyl (C=O) groups excluding carboxylic acids is 1. The predicted molar refractivity (Wildman–Crippen MR) is 79.4 cm³/mol. The number of rotatable bonds is 3. The number of ether oxygens (including phenoxy) is 2. The van der Waals surface area contributed by atoms with Crippen molar-refractivity contribution in [3.05, 3.63) is 34.3 Å². The van der Waals surface area contributed by atoms with Gasteiger partial charge in [0.05, 0.1) is 13.2 Å². The van der Waals surface area contributed by atoms with Crippen molar-refractivity contribution in [3.63, 3.8) is 0 Å². The maximum absolute atomic E-state index is 11.5. The van der Waals surface area contributed by atoms with Gasteiger partial charge in [-0.3, -0.25) is 0 Å². The van der Waals surface area contributed by atoms with Crippen molar-refractivity contribution in [2.45, 2.75) is 31.5 Å². The molecule has 1 saturated heterocycles. The molecule has 3 nitrogen and oxygen atoms in total. The van der Waals surface area contributed by atoms with Crippen LogP contribution < -0.4 is 0 Å². The molecule has 1 spiro atoms. The summed E-state index contributed by atoms with van der Waals surface area (Å²) in [5.41, 5.74) is 1.21. The van der Waals surface area contributed by atoms with Crippen molar-refractivity contribution in [1.82, 2.24) is 0 Å². The lowest BCUT2D eigenvalue weighted by molar-refractivity contribution is -0.223. The lowest BCUT2D eigenvalue weighted by Gasteiger charge is -2.42. The minimum atomic E-state index is -0.543. The maximum atomic E-state index is 11.5. The maximum Gasteiger partial charge on any atom is 0.172 e. The van der Waals surface area contributed by atoms with Crippen LogP contribution in [0.4, 0.5) is 0 Å². The summed E-state index contributed by atoms with van der Waals surface area (Å²) >= 11 is 3.59. The third-order valence-electron chi connectivity index (χ3n) is 4.49. The molecule has 0 unspecified atom stereocenters. The molecule has 4 heteroatoms. The van der Waals surface area contributed by atoms with Crippen molar-refractivity contribution in [2.24, 2.45) is 11.8 Å². The van der Waals surface area contributed by atoms with Gasteiger partial charge in [-0.05, 0) is 30.9 Å². The zero-order chi connectivity index (χ0) is 14.0. The van der Waals surface area contributed by atoms with E-state index in [-0.39, 0.29) is 11.8 Å². The third kappa shape index (κ3) is 2.57. The van der Waals surface area contributed by atoms with E-state index in [2.05, 4.69) is 22.0 Å².